The number of nitrogens with zero attached hydrogens (tertiary/aromatic N) is 8. The smallest absolute Gasteiger partial charge is 0.354 e. The van der Waals surface area contributed by atoms with Crippen molar-refractivity contribution in [1.82, 2.24) is 39.8 Å². The first-order valence-corrected chi connectivity index (χ1v) is 12.8. The molecular formula is C24H36F3N9O. The lowest BCUT2D eigenvalue weighted by Crippen LogP contribution is -2.47. The van der Waals surface area contributed by atoms with Crippen LogP contribution in [0.4, 0.5) is 23.8 Å². The van der Waals surface area contributed by atoms with Crippen molar-refractivity contribution < 1.29 is 18.0 Å². The van der Waals surface area contributed by atoms with Crippen molar-refractivity contribution in [1.29, 1.82) is 0 Å². The number of hydrogen-bond acceptors (Lipinski definition) is 7. The molecule has 4 heterocycles. The van der Waals surface area contributed by atoms with Crippen LogP contribution in [0, 0.1) is 6.92 Å². The Morgan fingerprint density at radius 1 is 1.00 bits per heavy atom. The quantitative estimate of drug-likeness (QED) is 0.582. The summed E-state index contributed by atoms with van der Waals surface area (Å²) in [6.45, 7) is 13.3. The molecule has 2 aliphatic heterocycles. The van der Waals surface area contributed by atoms with Crippen molar-refractivity contribution in [2.75, 3.05) is 50.7 Å². The number of aryl methyl sites for hydroxylation is 1. The topological polar surface area (TPSA) is 95.3 Å². The number of carbonyl (C=O) groups excluding carboxylic acids is 1. The van der Waals surface area contributed by atoms with Crippen molar-refractivity contribution in [3.8, 4) is 0 Å². The molecule has 1 N–H and O–H groups in total. The number of aromatic nitrogens is 5. The molecule has 37 heavy (non-hydrogen) atoms. The minimum Gasteiger partial charge on any atom is -0.354 e. The Bertz CT molecular complexity index is 1060. The van der Waals surface area contributed by atoms with Crippen LogP contribution in [0.1, 0.15) is 56.8 Å². The van der Waals surface area contributed by atoms with Crippen LogP contribution in [0.2, 0.25) is 0 Å². The maximum absolute atomic E-state index is 13.4. The van der Waals surface area contributed by atoms with Crippen LogP contribution < -0.4 is 10.2 Å². The molecule has 1 fully saturated rings. The van der Waals surface area contributed by atoms with E-state index in [0.717, 1.165) is 50.2 Å². The second kappa shape index (κ2) is 10.8. The maximum atomic E-state index is 13.4. The zero-order chi connectivity index (χ0) is 26.8. The van der Waals surface area contributed by atoms with Crippen LogP contribution in [0.3, 0.4) is 0 Å². The van der Waals surface area contributed by atoms with E-state index in [4.69, 9.17) is 0 Å². The van der Waals surface area contributed by atoms with Gasteiger partial charge in [0.15, 0.2) is 5.82 Å². The van der Waals surface area contributed by atoms with Crippen molar-refractivity contribution >= 4 is 11.8 Å². The number of hydrogen-bond donors (Lipinski definition) is 1. The summed E-state index contributed by atoms with van der Waals surface area (Å²) < 4.78 is 42.3. The number of alkyl halides is 3. The largest absolute Gasteiger partial charge is 0.433 e. The van der Waals surface area contributed by atoms with Crippen LogP contribution >= 0.6 is 0 Å². The highest BCUT2D eigenvalue weighted by atomic mass is 19.4. The molecular weight excluding hydrogens is 487 g/mol. The van der Waals surface area contributed by atoms with Crippen LogP contribution in [0.15, 0.2) is 6.07 Å². The highest BCUT2D eigenvalue weighted by Gasteiger charge is 2.36. The minimum atomic E-state index is -4.51. The van der Waals surface area contributed by atoms with Crippen LogP contribution in [-0.4, -0.2) is 86.4 Å². The monoisotopic (exact) mass is 523 g/mol. The second-order valence-electron chi connectivity index (χ2n) is 10.7. The number of amides is 2. The van der Waals surface area contributed by atoms with Gasteiger partial charge >= 0.3 is 12.2 Å². The molecule has 13 heteroatoms. The summed E-state index contributed by atoms with van der Waals surface area (Å²) in [5, 5.41) is 11.2. The molecule has 0 unspecified atom stereocenters. The molecule has 2 aromatic heterocycles. The predicted molar refractivity (Wildman–Crippen MR) is 132 cm³/mol. The fourth-order valence-corrected chi connectivity index (χ4v) is 4.52. The Hall–Kier alpha value is -2.96. The number of halogens is 3. The van der Waals surface area contributed by atoms with Crippen molar-refractivity contribution in [3.63, 3.8) is 0 Å². The first kappa shape index (κ1) is 27.1. The SMILES string of the molecule is Cc1nnc2n1CCN(C(=O)NCCCCN1CCN(c3cc(C(F)(F)F)nc(C(C)(C)C)n3)CC1)C2. The van der Waals surface area contributed by atoms with E-state index in [1.54, 1.807) is 4.90 Å². The minimum absolute atomic E-state index is 0.0850. The number of anilines is 1. The van der Waals surface area contributed by atoms with Gasteiger partial charge in [-0.25, -0.2) is 14.8 Å². The fraction of sp³-hybridized carbons (Fsp3) is 0.708. The van der Waals surface area contributed by atoms with Gasteiger partial charge in [0.05, 0.1) is 6.54 Å². The summed E-state index contributed by atoms with van der Waals surface area (Å²) >= 11 is 0. The molecule has 0 bridgehead atoms. The molecule has 1 saturated heterocycles. The van der Waals surface area contributed by atoms with Gasteiger partial charge in [0.2, 0.25) is 0 Å². The van der Waals surface area contributed by atoms with Crippen molar-refractivity contribution in [3.05, 3.63) is 29.2 Å². The van der Waals surface area contributed by atoms with E-state index in [1.165, 1.54) is 0 Å². The Morgan fingerprint density at radius 3 is 2.41 bits per heavy atom. The molecule has 0 spiro atoms. The van der Waals surface area contributed by atoms with Crippen molar-refractivity contribution in [2.24, 2.45) is 0 Å². The Labute approximate surface area is 215 Å². The van der Waals surface area contributed by atoms with Gasteiger partial charge in [0.1, 0.15) is 23.2 Å². The summed E-state index contributed by atoms with van der Waals surface area (Å²) in [6.07, 6.45) is -2.74. The Balaban J connectivity index is 1.19. The molecule has 4 rings (SSSR count). The molecule has 10 nitrogen and oxygen atoms in total. The van der Waals surface area contributed by atoms with E-state index < -0.39 is 17.3 Å². The molecule has 0 aliphatic carbocycles. The van der Waals surface area contributed by atoms with Gasteiger partial charge in [-0.1, -0.05) is 20.8 Å². The first-order valence-electron chi connectivity index (χ1n) is 12.8. The maximum Gasteiger partial charge on any atom is 0.433 e. The number of fused-ring (bicyclic) bond motifs is 1. The molecule has 2 aliphatic rings. The third-order valence-corrected chi connectivity index (χ3v) is 6.77. The number of piperazine rings is 1. The number of nitrogens with one attached hydrogen (secondary N) is 1. The highest BCUT2D eigenvalue weighted by molar-refractivity contribution is 5.74. The first-order chi connectivity index (χ1) is 17.4. The average molecular weight is 524 g/mol. The lowest BCUT2D eigenvalue weighted by Gasteiger charge is -2.36. The summed E-state index contributed by atoms with van der Waals surface area (Å²) in [5.41, 5.74) is -1.48. The van der Waals surface area contributed by atoms with Gasteiger partial charge in [-0.05, 0) is 26.3 Å². The zero-order valence-corrected chi connectivity index (χ0v) is 22.0. The average Bonchev–Trinajstić information content (AvgIpc) is 3.22. The lowest BCUT2D eigenvalue weighted by atomic mass is 9.95. The van der Waals surface area contributed by atoms with E-state index in [0.29, 0.717) is 45.1 Å². The third-order valence-electron chi connectivity index (χ3n) is 6.77. The summed E-state index contributed by atoms with van der Waals surface area (Å²) in [5.74, 6) is 2.21. The molecule has 204 valence electrons. The highest BCUT2D eigenvalue weighted by Crippen LogP contribution is 2.32. The van der Waals surface area contributed by atoms with Crippen LogP contribution in [0.25, 0.3) is 0 Å². The molecule has 0 atom stereocenters. The lowest BCUT2D eigenvalue weighted by molar-refractivity contribution is -0.141. The standard InChI is InChI=1S/C24H36F3N9O/c1-17-31-32-20-16-35(13-14-36(17)20)22(37)28-7-5-6-8-33-9-11-34(12-10-33)19-15-18(24(25,26)27)29-21(30-19)23(2,3)4/h15H,5-14,16H2,1-4H3,(H,28,37). The van der Waals surface area contributed by atoms with Gasteiger partial charge in [-0.15, -0.1) is 10.2 Å². The summed E-state index contributed by atoms with van der Waals surface area (Å²) in [7, 11) is 0. The molecule has 0 aromatic carbocycles. The zero-order valence-electron chi connectivity index (χ0n) is 22.0. The van der Waals surface area contributed by atoms with E-state index >= 15 is 0 Å². The van der Waals surface area contributed by atoms with E-state index in [2.05, 4.69) is 30.4 Å². The molecule has 0 saturated carbocycles. The number of rotatable bonds is 6. The number of urea groups is 1. The second-order valence-corrected chi connectivity index (χ2v) is 10.7. The molecule has 2 amide bonds. The van der Waals surface area contributed by atoms with Gasteiger partial charge in [-0.3, -0.25) is 4.90 Å². The number of unbranched alkanes of at least 4 members (excludes halogenated alkanes) is 1. The van der Waals surface area contributed by atoms with Gasteiger partial charge in [0, 0.05) is 57.3 Å². The van der Waals surface area contributed by atoms with E-state index in [9.17, 15) is 18.0 Å². The van der Waals surface area contributed by atoms with Crippen LogP contribution in [-0.2, 0) is 24.7 Å². The van der Waals surface area contributed by atoms with Gasteiger partial charge < -0.3 is 19.7 Å². The molecule has 2 aromatic rings. The number of carbonyl (C=O) groups is 1. The third kappa shape index (κ3) is 6.68. The fourth-order valence-electron chi connectivity index (χ4n) is 4.52. The van der Waals surface area contributed by atoms with E-state index in [-0.39, 0.29) is 11.9 Å². The normalized spacial score (nSPS) is 17.2. The van der Waals surface area contributed by atoms with Gasteiger partial charge in [0.25, 0.3) is 0 Å². The molecule has 0 radical (unpaired) electrons. The summed E-state index contributed by atoms with van der Waals surface area (Å²) in [6, 6.07) is 0.972. The van der Waals surface area contributed by atoms with Crippen molar-refractivity contribution in [2.45, 2.75) is 65.2 Å². The Kier molecular flexibility index (Phi) is 7.91. The van der Waals surface area contributed by atoms with Crippen LogP contribution in [0.5, 0.6) is 0 Å². The Morgan fingerprint density at radius 2 is 1.73 bits per heavy atom. The summed E-state index contributed by atoms with van der Waals surface area (Å²) in [4.78, 5) is 26.7. The van der Waals surface area contributed by atoms with E-state index in [1.807, 2.05) is 37.2 Å². The predicted octanol–water partition coefficient (Wildman–Crippen LogP) is 2.82. The van der Waals surface area contributed by atoms with Gasteiger partial charge in [-0.2, -0.15) is 13.2 Å².